The summed E-state index contributed by atoms with van der Waals surface area (Å²) in [5.74, 6) is 2.29. The van der Waals surface area contributed by atoms with Gasteiger partial charge in [-0.25, -0.2) is 0 Å². The van der Waals surface area contributed by atoms with Crippen molar-refractivity contribution in [1.82, 2.24) is 4.98 Å². The molecule has 170 valence electrons. The van der Waals surface area contributed by atoms with Crippen LogP contribution in [0, 0.1) is 0 Å². The van der Waals surface area contributed by atoms with E-state index in [4.69, 9.17) is 30.5 Å². The first-order valence-electron chi connectivity index (χ1n) is 10.9. The molecule has 5 nitrogen and oxygen atoms in total. The highest BCUT2D eigenvalue weighted by Gasteiger charge is 2.18. The number of ether oxygens (including phenoxy) is 2. The van der Waals surface area contributed by atoms with Crippen LogP contribution in [0.3, 0.4) is 0 Å². The Balaban J connectivity index is 1.49. The summed E-state index contributed by atoms with van der Waals surface area (Å²) in [7, 11) is 3.63. The Morgan fingerprint density at radius 2 is 1.61 bits per heavy atom. The van der Waals surface area contributed by atoms with Crippen LogP contribution in [0.5, 0.6) is 11.5 Å². The molecule has 0 unspecified atom stereocenters. The molecule has 0 aliphatic rings. The number of aryl methyl sites for hydroxylation is 1. The molecule has 0 spiro atoms. The number of nitrogens with zero attached hydrogens (tertiary/aromatic N) is 2. The predicted octanol–water partition coefficient (Wildman–Crippen LogP) is 6.65. The van der Waals surface area contributed by atoms with Crippen LogP contribution < -0.4 is 14.4 Å². The Morgan fingerprint density at radius 3 is 2.33 bits per heavy atom. The molecule has 0 saturated heterocycles. The molecule has 4 aromatic rings. The van der Waals surface area contributed by atoms with E-state index in [0.717, 1.165) is 34.9 Å². The van der Waals surface area contributed by atoms with Crippen molar-refractivity contribution in [3.05, 3.63) is 95.2 Å². The van der Waals surface area contributed by atoms with Crippen LogP contribution in [-0.4, -0.2) is 25.7 Å². The molecule has 0 bridgehead atoms. The van der Waals surface area contributed by atoms with E-state index in [9.17, 15) is 0 Å². The van der Waals surface area contributed by atoms with Crippen molar-refractivity contribution >= 4 is 17.6 Å². The van der Waals surface area contributed by atoms with Crippen LogP contribution in [0.25, 0.3) is 11.3 Å². The second-order valence-electron chi connectivity index (χ2n) is 7.72. The average molecular weight is 463 g/mol. The molecule has 0 saturated carbocycles. The molecular weight excluding hydrogens is 436 g/mol. The largest absolute Gasteiger partial charge is 0.493 e. The summed E-state index contributed by atoms with van der Waals surface area (Å²) in [5, 5.41) is 0.690. The van der Waals surface area contributed by atoms with E-state index in [1.54, 1.807) is 7.11 Å². The monoisotopic (exact) mass is 462 g/mol. The van der Waals surface area contributed by atoms with Gasteiger partial charge in [-0.15, -0.1) is 0 Å². The van der Waals surface area contributed by atoms with Crippen LogP contribution in [0.2, 0.25) is 5.02 Å². The van der Waals surface area contributed by atoms with Crippen LogP contribution in [0.4, 0.5) is 6.01 Å². The number of para-hydroxylation sites is 2. The number of halogens is 1. The lowest BCUT2D eigenvalue weighted by atomic mass is 10.1. The molecule has 0 aliphatic carbocycles. The highest BCUT2D eigenvalue weighted by molar-refractivity contribution is 6.30. The normalized spacial score (nSPS) is 10.8. The minimum Gasteiger partial charge on any atom is -0.493 e. The molecule has 0 aliphatic heterocycles. The van der Waals surface area contributed by atoms with E-state index in [0.29, 0.717) is 30.6 Å². The van der Waals surface area contributed by atoms with Crippen LogP contribution in [0.1, 0.15) is 17.7 Å². The van der Waals surface area contributed by atoms with Crippen molar-refractivity contribution in [3.63, 3.8) is 0 Å². The molecule has 6 heteroatoms. The van der Waals surface area contributed by atoms with Gasteiger partial charge in [0.05, 0.1) is 13.7 Å². The van der Waals surface area contributed by atoms with E-state index in [2.05, 4.69) is 12.1 Å². The van der Waals surface area contributed by atoms with Crippen molar-refractivity contribution in [3.8, 4) is 22.8 Å². The fourth-order valence-electron chi connectivity index (χ4n) is 3.58. The number of hydrogen-bond donors (Lipinski definition) is 0. The molecule has 0 N–H and O–H groups in total. The van der Waals surface area contributed by atoms with Crippen LogP contribution >= 0.6 is 11.6 Å². The lowest BCUT2D eigenvalue weighted by molar-refractivity contribution is 0.286. The van der Waals surface area contributed by atoms with E-state index in [1.165, 1.54) is 5.56 Å². The van der Waals surface area contributed by atoms with Gasteiger partial charge in [0.1, 0.15) is 11.5 Å². The molecule has 0 amide bonds. The smallest absolute Gasteiger partial charge is 0.298 e. The molecule has 0 radical (unpaired) electrons. The Hall–Kier alpha value is -3.44. The number of aromatic nitrogens is 1. The van der Waals surface area contributed by atoms with Gasteiger partial charge in [0.15, 0.2) is 11.5 Å². The van der Waals surface area contributed by atoms with Crippen molar-refractivity contribution in [2.75, 3.05) is 25.7 Å². The van der Waals surface area contributed by atoms with Crippen molar-refractivity contribution in [2.24, 2.45) is 0 Å². The molecule has 0 atom stereocenters. The number of methoxy groups -OCH3 is 1. The zero-order valence-electron chi connectivity index (χ0n) is 18.8. The number of anilines is 1. The highest BCUT2D eigenvalue weighted by atomic mass is 35.5. The van der Waals surface area contributed by atoms with Crippen molar-refractivity contribution < 1.29 is 13.9 Å². The maximum absolute atomic E-state index is 6.23. The van der Waals surface area contributed by atoms with Gasteiger partial charge in [-0.3, -0.25) is 0 Å². The van der Waals surface area contributed by atoms with Crippen molar-refractivity contribution in [2.45, 2.75) is 19.4 Å². The van der Waals surface area contributed by atoms with Gasteiger partial charge < -0.3 is 18.8 Å². The Bertz CT molecular complexity index is 1160. The van der Waals surface area contributed by atoms with Gasteiger partial charge in [-0.2, -0.15) is 4.98 Å². The summed E-state index contributed by atoms with van der Waals surface area (Å²) >= 11 is 6.09. The predicted molar refractivity (Wildman–Crippen MR) is 132 cm³/mol. The summed E-state index contributed by atoms with van der Waals surface area (Å²) in [4.78, 5) is 6.84. The van der Waals surface area contributed by atoms with Gasteiger partial charge in [0, 0.05) is 30.6 Å². The lowest BCUT2D eigenvalue weighted by Gasteiger charge is -2.14. The maximum atomic E-state index is 6.23. The molecule has 0 fully saturated rings. The molecule has 1 aromatic heterocycles. The molecule has 3 aromatic carbocycles. The lowest BCUT2D eigenvalue weighted by Crippen LogP contribution is -2.16. The molecule has 33 heavy (non-hydrogen) atoms. The zero-order chi connectivity index (χ0) is 23.0. The fraction of sp³-hybridized carbons (Fsp3) is 0.222. The Kier molecular flexibility index (Phi) is 7.53. The summed E-state index contributed by atoms with van der Waals surface area (Å²) in [5.41, 5.74) is 3.00. The number of hydrogen-bond acceptors (Lipinski definition) is 5. The Labute approximate surface area is 199 Å². The van der Waals surface area contributed by atoms with Crippen molar-refractivity contribution in [1.29, 1.82) is 0 Å². The van der Waals surface area contributed by atoms with Gasteiger partial charge in [-0.05, 0) is 36.2 Å². The molecule has 1 heterocycles. The van der Waals surface area contributed by atoms with Gasteiger partial charge in [0.2, 0.25) is 0 Å². The average Bonchev–Trinajstić information content (AvgIpc) is 3.27. The number of rotatable bonds is 10. The van der Waals surface area contributed by atoms with E-state index in [1.807, 2.05) is 78.7 Å². The third-order valence-corrected chi connectivity index (χ3v) is 5.52. The summed E-state index contributed by atoms with van der Waals surface area (Å²) in [6, 6.07) is 26.2. The maximum Gasteiger partial charge on any atom is 0.298 e. The number of oxazole rings is 1. The van der Waals surface area contributed by atoms with E-state index >= 15 is 0 Å². The summed E-state index contributed by atoms with van der Waals surface area (Å²) < 4.78 is 17.5. The zero-order valence-corrected chi connectivity index (χ0v) is 19.6. The van der Waals surface area contributed by atoms with Crippen LogP contribution in [0.15, 0.2) is 83.3 Å². The first kappa shape index (κ1) is 22.7. The second kappa shape index (κ2) is 10.9. The van der Waals surface area contributed by atoms with Gasteiger partial charge in [0.25, 0.3) is 6.01 Å². The first-order chi connectivity index (χ1) is 16.1. The topological polar surface area (TPSA) is 47.7 Å². The first-order valence-corrected chi connectivity index (χ1v) is 11.3. The Morgan fingerprint density at radius 1 is 0.909 bits per heavy atom. The highest BCUT2D eigenvalue weighted by Crippen LogP contribution is 2.31. The number of benzene rings is 3. The second-order valence-corrected chi connectivity index (χ2v) is 8.16. The quantitative estimate of drug-likeness (QED) is 0.247. The minimum atomic E-state index is 0.538. The third kappa shape index (κ3) is 5.88. The SMILES string of the molecule is COc1ccccc1OCCCc1oc(N(C)Cc2ccccc2)nc1-c1ccc(Cl)cc1. The third-order valence-electron chi connectivity index (χ3n) is 5.27. The summed E-state index contributed by atoms with van der Waals surface area (Å²) in [6.07, 6.45) is 1.47. The van der Waals surface area contributed by atoms with E-state index < -0.39 is 0 Å². The minimum absolute atomic E-state index is 0.538. The van der Waals surface area contributed by atoms with Gasteiger partial charge >= 0.3 is 0 Å². The summed E-state index contributed by atoms with van der Waals surface area (Å²) in [6.45, 7) is 1.24. The standard InChI is InChI=1S/C27H27ClN2O3/c1-30(19-20-9-4-3-5-10-20)27-29-26(21-14-16-22(28)17-15-21)25(33-27)13-8-18-32-24-12-7-6-11-23(24)31-2/h3-7,9-12,14-17H,8,13,18-19H2,1-2H3. The molecular formula is C27H27ClN2O3. The van der Waals surface area contributed by atoms with Crippen LogP contribution in [-0.2, 0) is 13.0 Å². The van der Waals surface area contributed by atoms with Gasteiger partial charge in [-0.1, -0.05) is 66.2 Å². The van der Waals surface area contributed by atoms with E-state index in [-0.39, 0.29) is 0 Å². The molecule has 4 rings (SSSR count). The fourth-order valence-corrected chi connectivity index (χ4v) is 3.71.